The third-order valence-electron chi connectivity index (χ3n) is 4.54. The minimum atomic E-state index is -0.933. The summed E-state index contributed by atoms with van der Waals surface area (Å²) in [4.78, 5) is 25.0. The van der Waals surface area contributed by atoms with Gasteiger partial charge in [0.25, 0.3) is 0 Å². The largest absolute Gasteiger partial charge is 0.497 e. The fraction of sp³-hybridized carbons (Fsp3) is 0.300. The third kappa shape index (κ3) is 3.82. The van der Waals surface area contributed by atoms with Crippen molar-refractivity contribution in [3.63, 3.8) is 0 Å². The molecule has 25 heavy (non-hydrogen) atoms. The molecule has 0 unspecified atom stereocenters. The van der Waals surface area contributed by atoms with Crippen molar-refractivity contribution in [2.75, 3.05) is 12.4 Å². The smallest absolute Gasteiger partial charge is 0.240 e. The van der Waals surface area contributed by atoms with Crippen LogP contribution in [0.25, 0.3) is 0 Å². The Hall–Kier alpha value is -2.82. The van der Waals surface area contributed by atoms with E-state index in [-0.39, 0.29) is 11.8 Å². The van der Waals surface area contributed by atoms with E-state index in [1.807, 2.05) is 55.5 Å². The van der Waals surface area contributed by atoms with Gasteiger partial charge in [0.05, 0.1) is 7.11 Å². The highest BCUT2D eigenvalue weighted by molar-refractivity contribution is 6.13. The van der Waals surface area contributed by atoms with Crippen LogP contribution in [0.2, 0.25) is 0 Å². The number of hydrogen-bond acceptors (Lipinski definition) is 3. The van der Waals surface area contributed by atoms with Crippen LogP contribution in [0, 0.1) is 12.3 Å². The first-order valence-corrected chi connectivity index (χ1v) is 8.33. The van der Waals surface area contributed by atoms with E-state index in [1.165, 1.54) is 0 Å². The van der Waals surface area contributed by atoms with Gasteiger partial charge in [0.15, 0.2) is 0 Å². The van der Waals surface area contributed by atoms with Gasteiger partial charge >= 0.3 is 0 Å². The Labute approximate surface area is 147 Å². The topological polar surface area (TPSA) is 67.4 Å². The number of anilines is 1. The first-order valence-electron chi connectivity index (χ1n) is 8.33. The predicted molar refractivity (Wildman–Crippen MR) is 96.3 cm³/mol. The Morgan fingerprint density at radius 2 is 1.64 bits per heavy atom. The summed E-state index contributed by atoms with van der Waals surface area (Å²) in [5.41, 5.74) is 1.86. The molecular formula is C20H22N2O3. The van der Waals surface area contributed by atoms with Gasteiger partial charge in [0, 0.05) is 12.2 Å². The Bertz CT molecular complexity index is 763. The van der Waals surface area contributed by atoms with E-state index < -0.39 is 5.41 Å². The van der Waals surface area contributed by atoms with Crippen LogP contribution in [0.3, 0.4) is 0 Å². The second kappa shape index (κ2) is 6.97. The molecule has 2 N–H and O–H groups in total. The lowest BCUT2D eigenvalue weighted by Gasteiger charge is -2.15. The van der Waals surface area contributed by atoms with Crippen molar-refractivity contribution in [1.82, 2.24) is 5.32 Å². The van der Waals surface area contributed by atoms with E-state index >= 15 is 0 Å². The third-order valence-corrected chi connectivity index (χ3v) is 4.54. The van der Waals surface area contributed by atoms with Gasteiger partial charge in [0.1, 0.15) is 11.2 Å². The molecule has 0 radical (unpaired) electrons. The second-order valence-corrected chi connectivity index (χ2v) is 6.43. The van der Waals surface area contributed by atoms with Crippen LogP contribution in [-0.2, 0) is 16.1 Å². The van der Waals surface area contributed by atoms with Gasteiger partial charge in [-0.05, 0) is 49.6 Å². The average Bonchev–Trinajstić information content (AvgIpc) is 3.44. The molecule has 0 bridgehead atoms. The standard InChI is InChI=1S/C20H22N2O3/c1-14-3-7-16(8-4-14)22-19(24)20(11-12-20)18(23)21-13-15-5-9-17(25-2)10-6-15/h3-10H,11-13H2,1-2H3,(H,21,23)(H,22,24). The predicted octanol–water partition coefficient (Wildman–Crippen LogP) is 3.04. The number of methoxy groups -OCH3 is 1. The van der Waals surface area contributed by atoms with Crippen molar-refractivity contribution in [2.24, 2.45) is 5.41 Å². The van der Waals surface area contributed by atoms with Crippen molar-refractivity contribution in [1.29, 1.82) is 0 Å². The molecule has 1 saturated carbocycles. The molecule has 1 fully saturated rings. The highest BCUT2D eigenvalue weighted by Gasteiger charge is 2.56. The zero-order valence-corrected chi connectivity index (χ0v) is 14.5. The first kappa shape index (κ1) is 17.0. The number of rotatable bonds is 6. The zero-order valence-electron chi connectivity index (χ0n) is 14.5. The SMILES string of the molecule is COc1ccc(CNC(=O)C2(C(=O)Nc3ccc(C)cc3)CC2)cc1. The molecule has 0 aliphatic heterocycles. The molecule has 3 rings (SSSR count). The Balaban J connectivity index is 1.58. The van der Waals surface area contributed by atoms with Crippen LogP contribution >= 0.6 is 0 Å². The van der Waals surface area contributed by atoms with E-state index in [4.69, 9.17) is 4.74 Å². The maximum Gasteiger partial charge on any atom is 0.240 e. The fourth-order valence-electron chi connectivity index (χ4n) is 2.66. The molecule has 2 aromatic carbocycles. The van der Waals surface area contributed by atoms with Crippen LogP contribution < -0.4 is 15.4 Å². The monoisotopic (exact) mass is 338 g/mol. The van der Waals surface area contributed by atoms with Crippen molar-refractivity contribution < 1.29 is 14.3 Å². The summed E-state index contributed by atoms with van der Waals surface area (Å²) in [6.07, 6.45) is 1.16. The van der Waals surface area contributed by atoms with Crippen LogP contribution in [0.15, 0.2) is 48.5 Å². The van der Waals surface area contributed by atoms with Crippen LogP contribution in [0.1, 0.15) is 24.0 Å². The molecule has 1 aliphatic carbocycles. The van der Waals surface area contributed by atoms with Crippen LogP contribution in [0.4, 0.5) is 5.69 Å². The number of aryl methyl sites for hydroxylation is 1. The van der Waals surface area contributed by atoms with Gasteiger partial charge in [-0.3, -0.25) is 9.59 Å². The second-order valence-electron chi connectivity index (χ2n) is 6.43. The zero-order chi connectivity index (χ0) is 17.9. The molecule has 1 aliphatic rings. The summed E-state index contributed by atoms with van der Waals surface area (Å²) in [6.45, 7) is 2.38. The summed E-state index contributed by atoms with van der Waals surface area (Å²) in [6, 6.07) is 15.0. The maximum absolute atomic E-state index is 12.5. The Morgan fingerprint density at radius 3 is 2.20 bits per heavy atom. The number of carbonyl (C=O) groups is 2. The highest BCUT2D eigenvalue weighted by Crippen LogP contribution is 2.46. The van der Waals surface area contributed by atoms with Crippen molar-refractivity contribution in [2.45, 2.75) is 26.3 Å². The quantitative estimate of drug-likeness (QED) is 0.796. The lowest BCUT2D eigenvalue weighted by molar-refractivity contribution is -0.134. The molecule has 130 valence electrons. The first-order chi connectivity index (χ1) is 12.0. The minimum Gasteiger partial charge on any atom is -0.497 e. The van der Waals surface area contributed by atoms with Gasteiger partial charge in [-0.2, -0.15) is 0 Å². The van der Waals surface area contributed by atoms with Gasteiger partial charge in [-0.25, -0.2) is 0 Å². The maximum atomic E-state index is 12.5. The summed E-state index contributed by atoms with van der Waals surface area (Å²) in [5.74, 6) is 0.322. The molecule has 0 aromatic heterocycles. The molecule has 0 heterocycles. The Morgan fingerprint density at radius 1 is 1.00 bits per heavy atom. The lowest BCUT2D eigenvalue weighted by atomic mass is 10.0. The summed E-state index contributed by atoms with van der Waals surface area (Å²) < 4.78 is 5.11. The number of ether oxygens (including phenoxy) is 1. The molecular weight excluding hydrogens is 316 g/mol. The number of amides is 2. The molecule has 2 aromatic rings. The molecule has 0 saturated heterocycles. The summed E-state index contributed by atoms with van der Waals surface area (Å²) in [5, 5.41) is 5.72. The minimum absolute atomic E-state index is 0.215. The summed E-state index contributed by atoms with van der Waals surface area (Å²) in [7, 11) is 1.61. The van der Waals surface area contributed by atoms with Gasteiger partial charge < -0.3 is 15.4 Å². The van der Waals surface area contributed by atoms with Crippen molar-refractivity contribution in [3.05, 3.63) is 59.7 Å². The number of hydrogen-bond donors (Lipinski definition) is 2. The van der Waals surface area contributed by atoms with E-state index in [0.29, 0.717) is 25.1 Å². The van der Waals surface area contributed by atoms with E-state index in [9.17, 15) is 9.59 Å². The molecule has 2 amide bonds. The lowest BCUT2D eigenvalue weighted by Crippen LogP contribution is -2.39. The van der Waals surface area contributed by atoms with E-state index in [0.717, 1.165) is 16.9 Å². The van der Waals surface area contributed by atoms with E-state index in [2.05, 4.69) is 10.6 Å². The number of benzene rings is 2. The Kier molecular flexibility index (Phi) is 4.74. The average molecular weight is 338 g/mol. The normalized spacial score (nSPS) is 14.5. The van der Waals surface area contributed by atoms with Crippen molar-refractivity contribution in [3.8, 4) is 5.75 Å². The van der Waals surface area contributed by atoms with Crippen molar-refractivity contribution >= 4 is 17.5 Å². The van der Waals surface area contributed by atoms with Crippen LogP contribution in [0.5, 0.6) is 5.75 Å². The van der Waals surface area contributed by atoms with Crippen LogP contribution in [-0.4, -0.2) is 18.9 Å². The van der Waals surface area contributed by atoms with Gasteiger partial charge in [-0.1, -0.05) is 29.8 Å². The fourth-order valence-corrected chi connectivity index (χ4v) is 2.66. The van der Waals surface area contributed by atoms with Gasteiger partial charge in [-0.15, -0.1) is 0 Å². The molecule has 0 spiro atoms. The number of nitrogens with one attached hydrogen (secondary N) is 2. The summed E-state index contributed by atoms with van der Waals surface area (Å²) >= 11 is 0. The number of carbonyl (C=O) groups excluding carboxylic acids is 2. The highest BCUT2D eigenvalue weighted by atomic mass is 16.5. The molecule has 5 nitrogen and oxygen atoms in total. The molecule has 0 atom stereocenters. The van der Waals surface area contributed by atoms with Gasteiger partial charge in [0.2, 0.25) is 11.8 Å². The molecule has 5 heteroatoms. The van der Waals surface area contributed by atoms with E-state index in [1.54, 1.807) is 7.11 Å².